The number of allylic oxidation sites excluding steroid dienone is 1. The number of hydrogen-bond acceptors (Lipinski definition) is 14. The van der Waals surface area contributed by atoms with Crippen molar-refractivity contribution in [1.82, 2.24) is 0 Å². The van der Waals surface area contributed by atoms with Crippen LogP contribution in [0.1, 0.15) is 131 Å². The van der Waals surface area contributed by atoms with Crippen LogP contribution in [0.2, 0.25) is 0 Å². The van der Waals surface area contributed by atoms with Gasteiger partial charge in [0.1, 0.15) is 23.4 Å². The molecular formula is C44H64N2O13. The Hall–Kier alpha value is -4.31. The molecule has 15 nitrogen and oxygen atoms in total. The maximum atomic E-state index is 13.6. The highest BCUT2D eigenvalue weighted by Gasteiger charge is 2.75. The lowest BCUT2D eigenvalue weighted by Gasteiger charge is -2.43. The van der Waals surface area contributed by atoms with E-state index < -0.39 is 83.7 Å². The van der Waals surface area contributed by atoms with E-state index in [-0.39, 0.29) is 41.9 Å². The van der Waals surface area contributed by atoms with E-state index in [1.165, 1.54) is 13.8 Å². The Balaban J connectivity index is 1.63. The van der Waals surface area contributed by atoms with Gasteiger partial charge in [-0.05, 0) is 89.6 Å². The summed E-state index contributed by atoms with van der Waals surface area (Å²) in [6.45, 7) is 12.6. The number of carbonyl (C=O) groups is 5. The lowest BCUT2D eigenvalue weighted by Crippen LogP contribution is -2.65. The first-order valence-corrected chi connectivity index (χ1v) is 20.8. The van der Waals surface area contributed by atoms with Crippen molar-refractivity contribution >= 4 is 41.2 Å². The molecule has 0 aromatic heterocycles. The van der Waals surface area contributed by atoms with Crippen molar-refractivity contribution in [1.29, 1.82) is 0 Å². The molecule has 0 radical (unpaired) electrons. The van der Waals surface area contributed by atoms with E-state index in [1.54, 1.807) is 39.0 Å². The first kappa shape index (κ1) is 47.4. The number of carbonyl (C=O) groups excluding carboxylic acids is 5. The van der Waals surface area contributed by atoms with Gasteiger partial charge in [0.15, 0.2) is 24.1 Å². The molecule has 2 fully saturated rings. The highest BCUT2D eigenvalue weighted by Crippen LogP contribution is 2.58. The minimum Gasteiger partial charge on any atom is -0.459 e. The van der Waals surface area contributed by atoms with Crippen LogP contribution in [0.15, 0.2) is 41.0 Å². The molecule has 1 aliphatic heterocycles. The number of aliphatic hydroxyl groups excluding tert-OH is 1. The highest BCUT2D eigenvalue weighted by atomic mass is 16.7. The summed E-state index contributed by atoms with van der Waals surface area (Å²) in [7, 11) is 0. The van der Waals surface area contributed by atoms with Crippen molar-refractivity contribution in [3.05, 3.63) is 46.6 Å². The van der Waals surface area contributed by atoms with Gasteiger partial charge in [0.25, 0.3) is 0 Å². The summed E-state index contributed by atoms with van der Waals surface area (Å²) in [4.78, 5) is 65.8. The second-order valence-corrected chi connectivity index (χ2v) is 16.6. The summed E-state index contributed by atoms with van der Waals surface area (Å²) < 4.78 is 30.1. The number of ether oxygens (including phenoxy) is 5. The zero-order chi connectivity index (χ0) is 43.9. The molecule has 1 saturated carbocycles. The van der Waals surface area contributed by atoms with E-state index in [1.807, 2.05) is 13.0 Å². The molecule has 1 heterocycles. The molecule has 1 aromatic carbocycles. The Kier molecular flexibility index (Phi) is 15.9. The average Bonchev–Trinajstić information content (AvgIpc) is 3.49. The number of nitrogens with two attached hydrogens (primary N) is 1. The quantitative estimate of drug-likeness (QED) is 0.0312. The fourth-order valence-corrected chi connectivity index (χ4v) is 8.49. The van der Waals surface area contributed by atoms with E-state index in [2.05, 4.69) is 12.2 Å². The van der Waals surface area contributed by atoms with Gasteiger partial charge in [-0.3, -0.25) is 19.2 Å². The summed E-state index contributed by atoms with van der Waals surface area (Å²) in [6.07, 6.45) is -0.978. The molecular weight excluding hydrogens is 764 g/mol. The molecule has 1 amide bonds. The molecule has 0 unspecified atom stereocenters. The molecule has 1 aromatic rings. The van der Waals surface area contributed by atoms with Crippen LogP contribution in [-0.4, -0.2) is 92.6 Å². The Labute approximate surface area is 347 Å². The monoisotopic (exact) mass is 828 g/mol. The lowest BCUT2D eigenvalue weighted by atomic mass is 9.75. The van der Waals surface area contributed by atoms with Crippen LogP contribution in [0, 0.1) is 12.8 Å². The minimum atomic E-state index is -2.56. The normalized spacial score (nSPS) is 30.2. The number of nitrogen functional groups attached to an aromatic ring is 1. The molecule has 59 heavy (non-hydrogen) atoms. The number of unbranched alkanes of at least 4 members (excludes halogenated alkanes) is 6. The molecule has 0 bridgehead atoms. The Morgan fingerprint density at radius 1 is 0.915 bits per heavy atom. The Morgan fingerprint density at radius 2 is 1.53 bits per heavy atom. The van der Waals surface area contributed by atoms with Crippen LogP contribution in [0.4, 0.5) is 11.4 Å². The smallest absolute Gasteiger partial charge is 0.334 e. The molecule has 1 saturated heterocycles. The minimum absolute atomic E-state index is 0.0597. The standard InChI is InChI=1S/C44H64N2O13/c1-9-11-12-13-16-20-34(50)56-38-36-35(27(5)37(38)57-40(51)25(3)10-2)39-44(54,43(8,53)41(52)58-39)31(24-42(36,7)59-28(6)47)55-33(49)19-17-14-15-18-32(48)46-29-22-21-26(4)30(45)23-29/h10,21-23,31,36-39,41,52-54H,9,11-20,24,45H2,1-8H3,(H,46,48)/b25-10-/t31-,36+,37-,38-,39-,41-,42-,43+,44+/m0/s1. The molecule has 328 valence electrons. The van der Waals surface area contributed by atoms with Crippen molar-refractivity contribution in [3.8, 4) is 0 Å². The zero-order valence-electron chi connectivity index (χ0n) is 35.8. The molecule has 0 spiro atoms. The van der Waals surface area contributed by atoms with E-state index in [0.29, 0.717) is 37.1 Å². The largest absolute Gasteiger partial charge is 0.459 e. The third kappa shape index (κ3) is 10.5. The van der Waals surface area contributed by atoms with Crippen molar-refractivity contribution < 1.29 is 63.0 Å². The number of aliphatic hydroxyl groups is 3. The van der Waals surface area contributed by atoms with E-state index in [9.17, 15) is 39.3 Å². The molecule has 9 atom stereocenters. The molecule has 2 aliphatic carbocycles. The number of esters is 4. The van der Waals surface area contributed by atoms with Crippen LogP contribution in [0.3, 0.4) is 0 Å². The fourth-order valence-electron chi connectivity index (χ4n) is 8.49. The van der Waals surface area contributed by atoms with E-state index in [4.69, 9.17) is 29.4 Å². The number of nitrogens with one attached hydrogen (secondary N) is 1. The summed E-state index contributed by atoms with van der Waals surface area (Å²) in [5.74, 6) is -4.18. The number of rotatable bonds is 18. The first-order chi connectivity index (χ1) is 27.7. The van der Waals surface area contributed by atoms with Gasteiger partial charge in [-0.25, -0.2) is 4.79 Å². The van der Waals surface area contributed by atoms with Gasteiger partial charge in [-0.15, -0.1) is 0 Å². The third-order valence-electron chi connectivity index (χ3n) is 12.1. The Bertz CT molecular complexity index is 1790. The zero-order valence-corrected chi connectivity index (χ0v) is 35.8. The van der Waals surface area contributed by atoms with Gasteiger partial charge in [0.2, 0.25) is 5.91 Å². The van der Waals surface area contributed by atoms with Gasteiger partial charge in [-0.1, -0.05) is 51.2 Å². The van der Waals surface area contributed by atoms with Crippen molar-refractivity contribution in [3.63, 3.8) is 0 Å². The van der Waals surface area contributed by atoms with Crippen molar-refractivity contribution in [2.24, 2.45) is 5.92 Å². The van der Waals surface area contributed by atoms with Gasteiger partial charge in [-0.2, -0.15) is 0 Å². The maximum Gasteiger partial charge on any atom is 0.334 e. The summed E-state index contributed by atoms with van der Waals surface area (Å²) in [5.41, 5.74) is 1.95. The number of anilines is 2. The summed E-state index contributed by atoms with van der Waals surface area (Å²) >= 11 is 0. The van der Waals surface area contributed by atoms with Gasteiger partial charge in [0.05, 0.1) is 5.92 Å². The van der Waals surface area contributed by atoms with E-state index in [0.717, 1.165) is 38.2 Å². The fraction of sp³-hybridized carbons (Fsp3) is 0.659. The first-order valence-electron chi connectivity index (χ1n) is 20.8. The number of fused-ring (bicyclic) bond motifs is 3. The van der Waals surface area contributed by atoms with Crippen molar-refractivity contribution in [2.75, 3.05) is 11.1 Å². The van der Waals surface area contributed by atoms with Crippen LogP contribution >= 0.6 is 0 Å². The second kappa shape index (κ2) is 19.8. The highest BCUT2D eigenvalue weighted by molar-refractivity contribution is 5.91. The van der Waals surface area contributed by atoms with Gasteiger partial charge < -0.3 is 50.1 Å². The van der Waals surface area contributed by atoms with Crippen LogP contribution in [0.5, 0.6) is 0 Å². The second-order valence-electron chi connectivity index (χ2n) is 16.6. The van der Waals surface area contributed by atoms with Crippen LogP contribution in [-0.2, 0) is 47.7 Å². The number of benzene rings is 1. The van der Waals surface area contributed by atoms with Gasteiger partial charge >= 0.3 is 23.9 Å². The van der Waals surface area contributed by atoms with Gasteiger partial charge in [0, 0.05) is 49.6 Å². The number of hydrogen-bond donors (Lipinski definition) is 5. The summed E-state index contributed by atoms with van der Waals surface area (Å²) in [6, 6.07) is 5.25. The predicted molar refractivity (Wildman–Crippen MR) is 217 cm³/mol. The number of aryl methyl sites for hydroxylation is 1. The third-order valence-corrected chi connectivity index (χ3v) is 12.1. The summed E-state index contributed by atoms with van der Waals surface area (Å²) in [5, 5.41) is 38.5. The predicted octanol–water partition coefficient (Wildman–Crippen LogP) is 5.40. The maximum absolute atomic E-state index is 13.6. The van der Waals surface area contributed by atoms with Crippen LogP contribution in [0.25, 0.3) is 0 Å². The molecule has 4 rings (SSSR count). The molecule has 15 heteroatoms. The number of amides is 1. The van der Waals surface area contributed by atoms with Crippen LogP contribution < -0.4 is 11.1 Å². The molecule has 3 aliphatic rings. The topological polar surface area (TPSA) is 230 Å². The SMILES string of the molecule is C/C=C(/C)C(=O)O[C@H]1C(C)=C2[C@H]([C@@H]1OC(=O)CCCCCCC)[C@@](C)(OC(C)=O)C[C@H](OC(=O)CCCCCC(=O)Nc1ccc(C)c(N)c1)[C@@]1(O)[C@H]2O[C@H](O)[C@@]1(C)O. The Morgan fingerprint density at radius 3 is 2.14 bits per heavy atom. The average molecular weight is 829 g/mol. The lowest BCUT2D eigenvalue weighted by molar-refractivity contribution is -0.228. The van der Waals surface area contributed by atoms with Crippen molar-refractivity contribution in [2.45, 2.75) is 180 Å². The van der Waals surface area contributed by atoms with E-state index >= 15 is 0 Å². The molecule has 6 N–H and O–H groups in total.